The van der Waals surface area contributed by atoms with Crippen LogP contribution in [0.4, 0.5) is 0 Å². The van der Waals surface area contributed by atoms with Crippen molar-refractivity contribution in [2.24, 2.45) is 0 Å². The highest BCUT2D eigenvalue weighted by atomic mass is 16.2. The number of amides is 2. The molecule has 0 spiro atoms. The lowest BCUT2D eigenvalue weighted by atomic mass is 10.1. The molecule has 5 heteroatoms. The van der Waals surface area contributed by atoms with E-state index < -0.39 is 6.04 Å². The van der Waals surface area contributed by atoms with Gasteiger partial charge in [-0.1, -0.05) is 0 Å². The Morgan fingerprint density at radius 3 is 2.82 bits per heavy atom. The largest absolute Gasteiger partial charge is 0.347 e. The van der Waals surface area contributed by atoms with Crippen molar-refractivity contribution >= 4 is 11.8 Å². The van der Waals surface area contributed by atoms with Crippen LogP contribution < -0.4 is 5.32 Å². The summed E-state index contributed by atoms with van der Waals surface area (Å²) in [5, 5.41) is 3.13. The lowest BCUT2D eigenvalue weighted by Crippen LogP contribution is -2.59. The smallest absolute Gasteiger partial charge is 0.246 e. The summed E-state index contributed by atoms with van der Waals surface area (Å²) >= 11 is 0. The number of likely N-dealkylation sites (N-methyl/N-ethyl adjacent to an activating group) is 1. The first-order valence-corrected chi connectivity index (χ1v) is 5.72. The zero-order valence-electron chi connectivity index (χ0n) is 10.4. The third-order valence-corrected chi connectivity index (χ3v) is 2.77. The summed E-state index contributed by atoms with van der Waals surface area (Å²) in [6.45, 7) is 1.80. The Morgan fingerprint density at radius 2 is 2.24 bits per heavy atom. The minimum Gasteiger partial charge on any atom is -0.347 e. The molecule has 0 radical (unpaired) electrons. The van der Waals surface area contributed by atoms with Crippen LogP contribution in [-0.2, 0) is 9.59 Å². The Hall–Kier alpha value is -1.54. The second-order valence-electron chi connectivity index (χ2n) is 4.24. The molecular weight excluding hydrogens is 218 g/mol. The zero-order chi connectivity index (χ0) is 12.8. The van der Waals surface area contributed by atoms with Gasteiger partial charge in [-0.05, 0) is 0 Å². The number of nitrogens with one attached hydrogen (secondary N) is 1. The number of piperazine rings is 1. The number of rotatable bonds is 3. The van der Waals surface area contributed by atoms with E-state index in [-0.39, 0.29) is 11.8 Å². The van der Waals surface area contributed by atoms with Gasteiger partial charge in [0.1, 0.15) is 6.04 Å². The van der Waals surface area contributed by atoms with E-state index in [9.17, 15) is 9.59 Å². The average molecular weight is 237 g/mol. The highest BCUT2D eigenvalue weighted by Gasteiger charge is 2.32. The average Bonchev–Trinajstić information content (AvgIpc) is 2.34. The highest BCUT2D eigenvalue weighted by molar-refractivity contribution is 5.88. The van der Waals surface area contributed by atoms with Gasteiger partial charge >= 0.3 is 0 Å². The van der Waals surface area contributed by atoms with E-state index in [0.717, 1.165) is 6.54 Å². The van der Waals surface area contributed by atoms with E-state index in [1.165, 1.54) is 4.90 Å². The van der Waals surface area contributed by atoms with Gasteiger partial charge in [-0.2, -0.15) is 0 Å². The van der Waals surface area contributed by atoms with E-state index >= 15 is 0 Å². The van der Waals surface area contributed by atoms with Gasteiger partial charge in [0.15, 0.2) is 0 Å². The Morgan fingerprint density at radius 1 is 1.53 bits per heavy atom. The molecule has 1 atom stereocenters. The van der Waals surface area contributed by atoms with Crippen LogP contribution in [0.5, 0.6) is 0 Å². The van der Waals surface area contributed by atoms with Crippen LogP contribution in [0.15, 0.2) is 0 Å². The molecule has 2 amide bonds. The summed E-state index contributed by atoms with van der Waals surface area (Å²) in [6.07, 6.45) is 5.88. The Balaban J connectivity index is 2.69. The molecule has 5 nitrogen and oxygen atoms in total. The van der Waals surface area contributed by atoms with Crippen LogP contribution in [0.25, 0.3) is 0 Å². The summed E-state index contributed by atoms with van der Waals surface area (Å²) < 4.78 is 0. The fourth-order valence-corrected chi connectivity index (χ4v) is 1.84. The summed E-state index contributed by atoms with van der Waals surface area (Å²) in [5.74, 6) is 2.36. The van der Waals surface area contributed by atoms with E-state index in [1.807, 2.05) is 0 Å². The maximum absolute atomic E-state index is 11.9. The Bertz CT molecular complexity index is 333. The first-order valence-electron chi connectivity index (χ1n) is 5.72. The van der Waals surface area contributed by atoms with Crippen LogP contribution in [0, 0.1) is 12.3 Å². The minimum atomic E-state index is -0.399. The monoisotopic (exact) mass is 237 g/mol. The molecule has 1 fully saturated rings. The molecule has 0 aromatic carbocycles. The van der Waals surface area contributed by atoms with Crippen molar-refractivity contribution in [2.45, 2.75) is 18.9 Å². The van der Waals surface area contributed by atoms with Gasteiger partial charge in [0.05, 0.1) is 0 Å². The lowest BCUT2D eigenvalue weighted by Gasteiger charge is -2.36. The molecule has 0 aromatic heterocycles. The van der Waals surface area contributed by atoms with E-state index in [2.05, 4.69) is 11.2 Å². The minimum absolute atomic E-state index is 0.0374. The van der Waals surface area contributed by atoms with Crippen molar-refractivity contribution < 1.29 is 9.59 Å². The molecule has 0 saturated carbocycles. The quantitative estimate of drug-likeness (QED) is 0.660. The van der Waals surface area contributed by atoms with E-state index in [4.69, 9.17) is 6.42 Å². The zero-order valence-corrected chi connectivity index (χ0v) is 10.4. The van der Waals surface area contributed by atoms with Gasteiger partial charge in [0, 0.05) is 46.6 Å². The number of nitrogens with zero attached hydrogens (tertiary/aromatic N) is 2. The van der Waals surface area contributed by atoms with Crippen molar-refractivity contribution in [1.29, 1.82) is 0 Å². The third kappa shape index (κ3) is 3.46. The molecule has 0 aromatic rings. The standard InChI is InChI=1S/C12H19N3O2/c1-4-5-6-11(16)15-8-7-13-9-10(15)12(17)14(2)3/h1,10,13H,5-9H2,2-3H3. The number of hydrogen-bond donors (Lipinski definition) is 1. The van der Waals surface area contributed by atoms with Gasteiger partial charge in [-0.25, -0.2) is 0 Å². The summed E-state index contributed by atoms with van der Waals surface area (Å²) in [7, 11) is 3.39. The van der Waals surface area contributed by atoms with Crippen LogP contribution in [0.3, 0.4) is 0 Å². The molecule has 0 aliphatic carbocycles. The molecule has 1 saturated heterocycles. The molecule has 94 valence electrons. The number of carbonyl (C=O) groups is 2. The van der Waals surface area contributed by atoms with Crippen molar-refractivity contribution in [3.05, 3.63) is 0 Å². The van der Waals surface area contributed by atoms with Gasteiger partial charge in [0.2, 0.25) is 11.8 Å². The Labute approximate surface area is 102 Å². The predicted octanol–water partition coefficient (Wildman–Crippen LogP) is -0.712. The molecule has 0 bridgehead atoms. The van der Waals surface area contributed by atoms with Crippen LogP contribution in [-0.4, -0.2) is 61.4 Å². The number of carbonyl (C=O) groups excluding carboxylic acids is 2. The summed E-state index contributed by atoms with van der Waals surface area (Å²) in [4.78, 5) is 27.0. The van der Waals surface area contributed by atoms with Crippen molar-refractivity contribution in [3.63, 3.8) is 0 Å². The maximum Gasteiger partial charge on any atom is 0.246 e. The third-order valence-electron chi connectivity index (χ3n) is 2.77. The fraction of sp³-hybridized carbons (Fsp3) is 0.667. The summed E-state index contributed by atoms with van der Waals surface area (Å²) in [6, 6.07) is -0.399. The summed E-state index contributed by atoms with van der Waals surface area (Å²) in [5.41, 5.74) is 0. The number of hydrogen-bond acceptors (Lipinski definition) is 3. The first-order chi connectivity index (χ1) is 8.07. The second-order valence-corrected chi connectivity index (χ2v) is 4.24. The van der Waals surface area contributed by atoms with Crippen molar-refractivity contribution in [2.75, 3.05) is 33.7 Å². The first kappa shape index (κ1) is 13.5. The van der Waals surface area contributed by atoms with Crippen molar-refractivity contribution in [3.8, 4) is 12.3 Å². The fourth-order valence-electron chi connectivity index (χ4n) is 1.84. The highest BCUT2D eigenvalue weighted by Crippen LogP contribution is 2.09. The van der Waals surface area contributed by atoms with Crippen LogP contribution >= 0.6 is 0 Å². The van der Waals surface area contributed by atoms with Gasteiger partial charge < -0.3 is 15.1 Å². The van der Waals surface area contributed by atoms with Crippen LogP contribution in [0.1, 0.15) is 12.8 Å². The van der Waals surface area contributed by atoms with Crippen molar-refractivity contribution in [1.82, 2.24) is 15.1 Å². The molecular formula is C12H19N3O2. The lowest BCUT2D eigenvalue weighted by molar-refractivity contribution is -0.145. The molecule has 1 N–H and O–H groups in total. The van der Waals surface area contributed by atoms with Gasteiger partial charge in [-0.3, -0.25) is 9.59 Å². The molecule has 1 aliphatic rings. The molecule has 1 rings (SSSR count). The van der Waals surface area contributed by atoms with Crippen LogP contribution in [0.2, 0.25) is 0 Å². The van der Waals surface area contributed by atoms with Gasteiger partial charge in [0.25, 0.3) is 0 Å². The number of terminal acetylenes is 1. The molecule has 1 heterocycles. The van der Waals surface area contributed by atoms with E-state index in [0.29, 0.717) is 25.9 Å². The Kier molecular flexibility index (Phi) is 4.98. The van der Waals surface area contributed by atoms with E-state index in [1.54, 1.807) is 19.0 Å². The topological polar surface area (TPSA) is 52.7 Å². The molecule has 17 heavy (non-hydrogen) atoms. The maximum atomic E-state index is 11.9. The normalized spacial score (nSPS) is 19.6. The molecule has 1 aliphatic heterocycles. The second kappa shape index (κ2) is 6.26. The SMILES string of the molecule is C#CCCC(=O)N1CCNCC1C(=O)N(C)C. The molecule has 1 unspecified atom stereocenters. The van der Waals surface area contributed by atoms with Gasteiger partial charge in [-0.15, -0.1) is 12.3 Å². The predicted molar refractivity (Wildman–Crippen MR) is 65.1 cm³/mol.